The number of amides is 2. The summed E-state index contributed by atoms with van der Waals surface area (Å²) in [6.45, 7) is 0. The molecule has 2 N–H and O–H groups in total. The van der Waals surface area contributed by atoms with Gasteiger partial charge in [-0.2, -0.15) is 0 Å². The molecule has 0 fully saturated rings. The molecule has 0 atom stereocenters. The van der Waals surface area contributed by atoms with Gasteiger partial charge in [-0.05, 0) is 30.3 Å². The maximum Gasteiger partial charge on any atom is 0.339 e. The molecule has 0 spiro atoms. The molecule has 0 aliphatic rings. The summed E-state index contributed by atoms with van der Waals surface area (Å²) in [5.41, 5.74) is -0.158. The van der Waals surface area contributed by atoms with Crippen LogP contribution in [0.5, 0.6) is 0 Å². The number of esters is 2. The first-order valence-electron chi connectivity index (χ1n) is 7.20. The molecule has 2 rings (SSSR count). The van der Waals surface area contributed by atoms with Gasteiger partial charge in [0.2, 0.25) is 0 Å². The minimum Gasteiger partial charge on any atom is -0.465 e. The normalized spacial score (nSPS) is 10.0. The van der Waals surface area contributed by atoms with E-state index in [2.05, 4.69) is 20.1 Å². The van der Waals surface area contributed by atoms with E-state index in [1.807, 2.05) is 0 Å². The summed E-state index contributed by atoms with van der Waals surface area (Å²) in [4.78, 5) is 35.7. The van der Waals surface area contributed by atoms with Crippen LogP contribution in [-0.4, -0.2) is 32.2 Å². The SMILES string of the molecule is COC(=O)c1ccc(C(=O)OC)c(NC(=O)Nc2c(F)cccc2Cl)c1. The molecule has 2 aromatic rings. The molecule has 0 radical (unpaired) electrons. The summed E-state index contributed by atoms with van der Waals surface area (Å²) in [5, 5.41) is 4.61. The van der Waals surface area contributed by atoms with Crippen molar-refractivity contribution in [1.82, 2.24) is 0 Å². The van der Waals surface area contributed by atoms with Crippen molar-refractivity contribution in [1.29, 1.82) is 0 Å². The van der Waals surface area contributed by atoms with Crippen LogP contribution in [0.2, 0.25) is 5.02 Å². The van der Waals surface area contributed by atoms with Gasteiger partial charge in [0.25, 0.3) is 0 Å². The lowest BCUT2D eigenvalue weighted by molar-refractivity contribution is 0.0587. The molecule has 0 aromatic heterocycles. The average molecular weight is 381 g/mol. The van der Waals surface area contributed by atoms with Gasteiger partial charge in [0, 0.05) is 0 Å². The lowest BCUT2D eigenvalue weighted by Crippen LogP contribution is -2.22. The summed E-state index contributed by atoms with van der Waals surface area (Å²) in [7, 11) is 2.36. The van der Waals surface area contributed by atoms with E-state index in [0.717, 1.165) is 6.07 Å². The van der Waals surface area contributed by atoms with E-state index in [4.69, 9.17) is 11.6 Å². The number of carbonyl (C=O) groups is 3. The molecule has 0 unspecified atom stereocenters. The van der Waals surface area contributed by atoms with Crippen LogP contribution in [0.1, 0.15) is 20.7 Å². The molecule has 0 aliphatic heterocycles. The Labute approximate surface area is 153 Å². The minimum atomic E-state index is -0.871. The standard InChI is InChI=1S/C17H14ClFN2O5/c1-25-15(22)9-6-7-10(16(23)26-2)13(8-9)20-17(24)21-14-11(18)4-3-5-12(14)19/h3-8H,1-2H3,(H2,20,21,24). The van der Waals surface area contributed by atoms with Crippen LogP contribution >= 0.6 is 11.6 Å². The molecule has 0 bridgehead atoms. The zero-order chi connectivity index (χ0) is 19.3. The van der Waals surface area contributed by atoms with Crippen LogP contribution in [0.15, 0.2) is 36.4 Å². The predicted octanol–water partition coefficient (Wildman–Crippen LogP) is 3.70. The Bertz CT molecular complexity index is 852. The minimum absolute atomic E-state index is 0.00310. The Morgan fingerprint density at radius 3 is 2.31 bits per heavy atom. The Morgan fingerprint density at radius 2 is 1.69 bits per heavy atom. The quantitative estimate of drug-likeness (QED) is 0.789. The third-order valence-corrected chi connectivity index (χ3v) is 3.61. The van der Waals surface area contributed by atoms with Crippen molar-refractivity contribution in [2.75, 3.05) is 24.9 Å². The molecule has 9 heteroatoms. The maximum atomic E-state index is 13.8. The van der Waals surface area contributed by atoms with Gasteiger partial charge in [-0.15, -0.1) is 0 Å². The number of para-hydroxylation sites is 1. The number of methoxy groups -OCH3 is 2. The van der Waals surface area contributed by atoms with Crippen LogP contribution < -0.4 is 10.6 Å². The maximum absolute atomic E-state index is 13.8. The second-order valence-electron chi connectivity index (χ2n) is 4.92. The number of urea groups is 1. The summed E-state index contributed by atoms with van der Waals surface area (Å²) in [6.07, 6.45) is 0. The molecule has 0 saturated heterocycles. The van der Waals surface area contributed by atoms with Gasteiger partial charge < -0.3 is 20.1 Å². The molecule has 136 valence electrons. The first-order valence-corrected chi connectivity index (χ1v) is 7.58. The smallest absolute Gasteiger partial charge is 0.339 e. The van der Waals surface area contributed by atoms with E-state index in [1.54, 1.807) is 0 Å². The van der Waals surface area contributed by atoms with Gasteiger partial charge in [-0.3, -0.25) is 0 Å². The Morgan fingerprint density at radius 1 is 1.00 bits per heavy atom. The first kappa shape index (κ1) is 19.2. The zero-order valence-corrected chi connectivity index (χ0v) is 14.5. The second kappa shape index (κ2) is 8.30. The molecule has 2 aromatic carbocycles. The van der Waals surface area contributed by atoms with Crippen molar-refractivity contribution < 1.29 is 28.2 Å². The number of ether oxygens (including phenoxy) is 2. The molecule has 0 aliphatic carbocycles. The van der Waals surface area contributed by atoms with E-state index in [9.17, 15) is 18.8 Å². The number of nitrogens with one attached hydrogen (secondary N) is 2. The number of rotatable bonds is 4. The summed E-state index contributed by atoms with van der Waals surface area (Å²) in [6, 6.07) is 6.91. The van der Waals surface area contributed by atoms with Gasteiger partial charge in [-0.25, -0.2) is 18.8 Å². The number of carbonyl (C=O) groups excluding carboxylic acids is 3. The van der Waals surface area contributed by atoms with Crippen LogP contribution in [0.25, 0.3) is 0 Å². The number of anilines is 2. The topological polar surface area (TPSA) is 93.7 Å². The van der Waals surface area contributed by atoms with Crippen LogP contribution in [0.4, 0.5) is 20.6 Å². The Hall–Kier alpha value is -3.13. The van der Waals surface area contributed by atoms with Crippen molar-refractivity contribution in [2.45, 2.75) is 0 Å². The third kappa shape index (κ3) is 4.28. The fraction of sp³-hybridized carbons (Fsp3) is 0.118. The molecular weight excluding hydrogens is 367 g/mol. The average Bonchev–Trinajstić information content (AvgIpc) is 2.63. The van der Waals surface area contributed by atoms with Crippen LogP contribution in [0, 0.1) is 5.82 Å². The molecule has 2 amide bonds. The molecular formula is C17H14ClFN2O5. The lowest BCUT2D eigenvalue weighted by atomic mass is 10.1. The van der Waals surface area contributed by atoms with E-state index >= 15 is 0 Å². The molecule has 26 heavy (non-hydrogen) atoms. The second-order valence-corrected chi connectivity index (χ2v) is 5.33. The van der Waals surface area contributed by atoms with Gasteiger partial charge in [0.15, 0.2) is 0 Å². The number of hydrogen-bond donors (Lipinski definition) is 2. The van der Waals surface area contributed by atoms with Crippen molar-refractivity contribution in [3.05, 3.63) is 58.4 Å². The highest BCUT2D eigenvalue weighted by Crippen LogP contribution is 2.25. The van der Waals surface area contributed by atoms with Crippen molar-refractivity contribution in [2.24, 2.45) is 0 Å². The third-order valence-electron chi connectivity index (χ3n) is 3.30. The molecule has 7 nitrogen and oxygen atoms in total. The van der Waals surface area contributed by atoms with Gasteiger partial charge in [0.1, 0.15) is 5.82 Å². The van der Waals surface area contributed by atoms with Crippen molar-refractivity contribution >= 4 is 40.9 Å². The number of hydrogen-bond acceptors (Lipinski definition) is 5. The van der Waals surface area contributed by atoms with E-state index in [-0.39, 0.29) is 27.5 Å². The van der Waals surface area contributed by atoms with Crippen LogP contribution in [-0.2, 0) is 9.47 Å². The van der Waals surface area contributed by atoms with Gasteiger partial charge in [0.05, 0.1) is 41.7 Å². The number of halogens is 2. The summed E-state index contributed by atoms with van der Waals surface area (Å²) < 4.78 is 23.0. The highest BCUT2D eigenvalue weighted by molar-refractivity contribution is 6.33. The fourth-order valence-electron chi connectivity index (χ4n) is 2.06. The zero-order valence-electron chi connectivity index (χ0n) is 13.8. The van der Waals surface area contributed by atoms with Gasteiger partial charge >= 0.3 is 18.0 Å². The highest BCUT2D eigenvalue weighted by atomic mass is 35.5. The van der Waals surface area contributed by atoms with Crippen molar-refractivity contribution in [3.63, 3.8) is 0 Å². The highest BCUT2D eigenvalue weighted by Gasteiger charge is 2.18. The Kier molecular flexibility index (Phi) is 6.13. The Balaban J connectivity index is 2.32. The monoisotopic (exact) mass is 380 g/mol. The largest absolute Gasteiger partial charge is 0.465 e. The van der Waals surface area contributed by atoms with E-state index < -0.39 is 23.8 Å². The predicted molar refractivity (Wildman–Crippen MR) is 93.2 cm³/mol. The van der Waals surface area contributed by atoms with E-state index in [0.29, 0.717) is 0 Å². The lowest BCUT2D eigenvalue weighted by Gasteiger charge is -2.13. The van der Waals surface area contributed by atoms with Crippen molar-refractivity contribution in [3.8, 4) is 0 Å². The van der Waals surface area contributed by atoms with E-state index in [1.165, 1.54) is 44.6 Å². The van der Waals surface area contributed by atoms with Crippen LogP contribution in [0.3, 0.4) is 0 Å². The number of benzene rings is 2. The van der Waals surface area contributed by atoms with Gasteiger partial charge in [-0.1, -0.05) is 17.7 Å². The fourth-order valence-corrected chi connectivity index (χ4v) is 2.28. The first-order chi connectivity index (χ1) is 12.4. The summed E-state index contributed by atoms with van der Waals surface area (Å²) >= 11 is 5.85. The molecule has 0 heterocycles. The molecule has 0 saturated carbocycles. The summed E-state index contributed by atoms with van der Waals surface area (Å²) in [5.74, 6) is -2.13.